The Morgan fingerprint density at radius 2 is 2.03 bits per heavy atom. The summed E-state index contributed by atoms with van der Waals surface area (Å²) >= 11 is 0. The molecular weight excluding hydrogens is 410 g/mol. The van der Waals surface area contributed by atoms with Gasteiger partial charge in [0, 0.05) is 32.5 Å². The normalized spacial score (nSPS) is 19.8. The van der Waals surface area contributed by atoms with Gasteiger partial charge in [0.05, 0.1) is 30.2 Å². The van der Waals surface area contributed by atoms with Crippen molar-refractivity contribution in [3.05, 3.63) is 88.8 Å². The summed E-state index contributed by atoms with van der Waals surface area (Å²) in [4.78, 5) is 15.5. The van der Waals surface area contributed by atoms with Crippen molar-refractivity contribution in [3.8, 4) is 0 Å². The zero-order valence-electron chi connectivity index (χ0n) is 19.1. The lowest BCUT2D eigenvalue weighted by Crippen LogP contribution is -2.37. The van der Waals surface area contributed by atoms with Crippen molar-refractivity contribution in [1.29, 1.82) is 0 Å². The highest BCUT2D eigenvalue weighted by Gasteiger charge is 2.27. The first-order valence-electron chi connectivity index (χ1n) is 11.6. The average molecular weight is 442 g/mol. The van der Waals surface area contributed by atoms with E-state index in [4.69, 9.17) is 15.5 Å². The Labute approximate surface area is 194 Å². The minimum Gasteiger partial charge on any atom is -0.380 e. The first-order valence-corrected chi connectivity index (χ1v) is 11.6. The fourth-order valence-electron chi connectivity index (χ4n) is 4.90. The largest absolute Gasteiger partial charge is 0.380 e. The standard InChI is InChI=1S/C27H31N5O/c1-33-18-19-8-9-21(22(13-19)15-28)16-32(17-27-30-25-6-2-3-7-26(25)31-27)23-10-11-24-20(14-23)5-4-12-29-24/h2-9,12-14,23-24H,10-11,15-18,28H2,1H3,(H,30,31). The number of ether oxygens (including phenoxy) is 1. The third kappa shape index (κ3) is 4.83. The van der Waals surface area contributed by atoms with Gasteiger partial charge in [-0.25, -0.2) is 4.98 Å². The number of para-hydroxylation sites is 2. The lowest BCUT2D eigenvalue weighted by atomic mass is 9.89. The van der Waals surface area contributed by atoms with E-state index in [-0.39, 0.29) is 0 Å². The van der Waals surface area contributed by atoms with Gasteiger partial charge in [-0.05, 0) is 53.3 Å². The van der Waals surface area contributed by atoms with Crippen molar-refractivity contribution in [1.82, 2.24) is 14.9 Å². The lowest BCUT2D eigenvalue weighted by molar-refractivity contribution is 0.184. The van der Waals surface area contributed by atoms with Gasteiger partial charge in [-0.15, -0.1) is 0 Å². The predicted molar refractivity (Wildman–Crippen MR) is 133 cm³/mol. The highest BCUT2D eigenvalue weighted by atomic mass is 16.5. The SMILES string of the molecule is COCc1ccc(CN(Cc2nc3ccccc3[nH]2)C2C=C3C=CC=NC3CC2)c(CN)c1. The van der Waals surface area contributed by atoms with E-state index in [0.29, 0.717) is 25.2 Å². The zero-order valence-corrected chi connectivity index (χ0v) is 19.1. The molecule has 3 N–H and O–H groups in total. The van der Waals surface area contributed by atoms with Crippen LogP contribution in [-0.2, 0) is 31.0 Å². The minimum atomic E-state index is 0.298. The number of methoxy groups -OCH3 is 1. The van der Waals surface area contributed by atoms with Crippen LogP contribution in [-0.4, -0.2) is 40.3 Å². The number of fused-ring (bicyclic) bond motifs is 2. The summed E-state index contributed by atoms with van der Waals surface area (Å²) < 4.78 is 5.31. The number of nitrogens with two attached hydrogens (primary N) is 1. The van der Waals surface area contributed by atoms with Crippen LogP contribution in [0.5, 0.6) is 0 Å². The topological polar surface area (TPSA) is 79.5 Å². The van der Waals surface area contributed by atoms with E-state index in [0.717, 1.165) is 48.4 Å². The van der Waals surface area contributed by atoms with Crippen molar-refractivity contribution in [2.45, 2.75) is 51.2 Å². The molecule has 170 valence electrons. The van der Waals surface area contributed by atoms with Crippen molar-refractivity contribution in [2.75, 3.05) is 7.11 Å². The average Bonchev–Trinajstić information content (AvgIpc) is 3.27. The number of hydrogen-bond acceptors (Lipinski definition) is 5. The Morgan fingerprint density at radius 1 is 1.12 bits per heavy atom. The van der Waals surface area contributed by atoms with Gasteiger partial charge >= 0.3 is 0 Å². The van der Waals surface area contributed by atoms with E-state index < -0.39 is 0 Å². The number of dihydropyridines is 1. The summed E-state index contributed by atoms with van der Waals surface area (Å²) in [5, 5.41) is 0. The Balaban J connectivity index is 1.46. The van der Waals surface area contributed by atoms with E-state index in [1.54, 1.807) is 7.11 Å². The molecule has 33 heavy (non-hydrogen) atoms. The molecule has 5 rings (SSSR count). The summed E-state index contributed by atoms with van der Waals surface area (Å²) in [7, 11) is 1.72. The molecule has 0 bridgehead atoms. The molecule has 2 aliphatic rings. The van der Waals surface area contributed by atoms with Crippen LogP contribution >= 0.6 is 0 Å². The van der Waals surface area contributed by atoms with Gasteiger partial charge in [0.2, 0.25) is 0 Å². The van der Waals surface area contributed by atoms with Gasteiger partial charge in [-0.3, -0.25) is 9.89 Å². The Bertz CT molecular complexity index is 1180. The molecule has 6 nitrogen and oxygen atoms in total. The Kier molecular flexibility index (Phi) is 6.48. The van der Waals surface area contributed by atoms with Crippen molar-refractivity contribution in [3.63, 3.8) is 0 Å². The van der Waals surface area contributed by atoms with Crippen LogP contribution in [0.15, 0.2) is 71.3 Å². The number of nitrogens with one attached hydrogen (secondary N) is 1. The molecule has 2 aromatic carbocycles. The fraction of sp³-hybridized carbons (Fsp3) is 0.333. The maximum Gasteiger partial charge on any atom is 0.121 e. The van der Waals surface area contributed by atoms with E-state index in [1.165, 1.54) is 16.7 Å². The van der Waals surface area contributed by atoms with Gasteiger partial charge in [-0.2, -0.15) is 0 Å². The Hall–Kier alpha value is -3.06. The van der Waals surface area contributed by atoms with Gasteiger partial charge in [0.15, 0.2) is 0 Å². The van der Waals surface area contributed by atoms with E-state index in [1.807, 2.05) is 24.4 Å². The van der Waals surface area contributed by atoms with Gasteiger partial charge in [-0.1, -0.05) is 42.5 Å². The third-order valence-corrected chi connectivity index (χ3v) is 6.58. The highest BCUT2D eigenvalue weighted by Crippen LogP contribution is 2.29. The monoisotopic (exact) mass is 441 g/mol. The number of imidazole rings is 1. The van der Waals surface area contributed by atoms with Gasteiger partial charge in [0.25, 0.3) is 0 Å². The molecular formula is C27H31N5O. The second-order valence-electron chi connectivity index (χ2n) is 8.83. The van der Waals surface area contributed by atoms with E-state index >= 15 is 0 Å². The molecule has 0 spiro atoms. The van der Waals surface area contributed by atoms with Crippen molar-refractivity contribution < 1.29 is 4.74 Å². The first-order chi connectivity index (χ1) is 16.2. The number of benzene rings is 2. The number of rotatable bonds is 8. The van der Waals surface area contributed by atoms with E-state index in [9.17, 15) is 0 Å². The second-order valence-corrected chi connectivity index (χ2v) is 8.83. The number of hydrogen-bond donors (Lipinski definition) is 2. The van der Waals surface area contributed by atoms with Crippen molar-refractivity contribution in [2.24, 2.45) is 10.7 Å². The maximum atomic E-state index is 6.15. The van der Waals surface area contributed by atoms with Crippen LogP contribution in [0.25, 0.3) is 11.0 Å². The molecule has 1 aliphatic carbocycles. The summed E-state index contributed by atoms with van der Waals surface area (Å²) in [6.07, 6.45) is 10.7. The number of H-pyrrole nitrogens is 1. The van der Waals surface area contributed by atoms with Crippen molar-refractivity contribution >= 4 is 17.2 Å². The van der Waals surface area contributed by atoms with Crippen LogP contribution in [0.4, 0.5) is 0 Å². The molecule has 2 unspecified atom stereocenters. The lowest BCUT2D eigenvalue weighted by Gasteiger charge is -2.35. The van der Waals surface area contributed by atoms with Crippen LogP contribution < -0.4 is 5.73 Å². The third-order valence-electron chi connectivity index (χ3n) is 6.58. The van der Waals surface area contributed by atoms with Crippen LogP contribution in [0, 0.1) is 0 Å². The maximum absolute atomic E-state index is 6.15. The summed E-state index contributed by atoms with van der Waals surface area (Å²) in [6.45, 7) is 2.66. The number of aromatic amines is 1. The van der Waals surface area contributed by atoms with Gasteiger partial charge < -0.3 is 15.5 Å². The number of aromatic nitrogens is 2. The molecule has 0 fully saturated rings. The van der Waals surface area contributed by atoms with Crippen LogP contribution in [0.1, 0.15) is 35.4 Å². The Morgan fingerprint density at radius 3 is 2.88 bits per heavy atom. The molecule has 0 radical (unpaired) electrons. The smallest absolute Gasteiger partial charge is 0.121 e. The first kappa shape index (κ1) is 21.8. The van der Waals surface area contributed by atoms with E-state index in [2.05, 4.69) is 57.4 Å². The number of aliphatic imine (C=N–C) groups is 1. The summed E-state index contributed by atoms with van der Waals surface area (Å²) in [6, 6.07) is 15.3. The summed E-state index contributed by atoms with van der Waals surface area (Å²) in [5.74, 6) is 0.985. The quantitative estimate of drug-likeness (QED) is 0.547. The zero-order chi connectivity index (χ0) is 22.6. The van der Waals surface area contributed by atoms with Crippen LogP contribution in [0.3, 0.4) is 0 Å². The van der Waals surface area contributed by atoms with Crippen LogP contribution in [0.2, 0.25) is 0 Å². The predicted octanol–water partition coefficient (Wildman–Crippen LogP) is 4.27. The molecule has 0 saturated carbocycles. The number of allylic oxidation sites excluding steroid dienone is 1. The highest BCUT2D eigenvalue weighted by molar-refractivity contribution is 5.75. The molecule has 0 saturated heterocycles. The molecule has 2 heterocycles. The molecule has 2 atom stereocenters. The summed E-state index contributed by atoms with van der Waals surface area (Å²) in [5.41, 5.74) is 13.1. The van der Waals surface area contributed by atoms with Gasteiger partial charge in [0.1, 0.15) is 5.82 Å². The number of nitrogens with zero attached hydrogens (tertiary/aromatic N) is 3. The molecule has 6 heteroatoms. The molecule has 1 aliphatic heterocycles. The second kappa shape index (κ2) is 9.83. The molecule has 1 aromatic heterocycles. The fourth-order valence-corrected chi connectivity index (χ4v) is 4.90. The minimum absolute atomic E-state index is 0.298. The molecule has 0 amide bonds. The molecule has 3 aromatic rings.